The van der Waals surface area contributed by atoms with E-state index in [9.17, 15) is 5.26 Å². The van der Waals surface area contributed by atoms with Crippen LogP contribution in [-0.4, -0.2) is 24.1 Å². The minimum Gasteiger partial charge on any atom is -0.490 e. The van der Waals surface area contributed by atoms with Gasteiger partial charge in [-0.3, -0.25) is 4.90 Å². The maximum Gasteiger partial charge on any atom is 0.127 e. The Morgan fingerprint density at radius 3 is 2.43 bits per heavy atom. The van der Waals surface area contributed by atoms with Gasteiger partial charge in [0.25, 0.3) is 0 Å². The van der Waals surface area contributed by atoms with E-state index in [4.69, 9.17) is 4.74 Å². The van der Waals surface area contributed by atoms with Gasteiger partial charge in [0.05, 0.1) is 17.6 Å². The Morgan fingerprint density at radius 2 is 1.80 bits per heavy atom. The van der Waals surface area contributed by atoms with Crippen LogP contribution in [0.4, 0.5) is 0 Å². The molecule has 1 saturated heterocycles. The molecule has 0 unspecified atom stereocenters. The number of piperidine rings is 1. The molecule has 2 aromatic rings. The molecular weight excluding hydrogens is 392 g/mol. The molecule has 0 N–H and O–H groups in total. The predicted molar refractivity (Wildman–Crippen MR) is 125 cm³/mol. The monoisotopic (exact) mass is 422 g/mol. The fourth-order valence-electron chi connectivity index (χ4n) is 4.69. The highest BCUT2D eigenvalue weighted by Gasteiger charge is 2.37. The number of hydrogen-bond donors (Lipinski definition) is 0. The third kappa shape index (κ3) is 4.89. The lowest BCUT2D eigenvalue weighted by atomic mass is 9.73. The third-order valence-electron chi connectivity index (χ3n) is 6.55. The fourth-order valence-corrected chi connectivity index (χ4v) is 4.69. The Kier molecular flexibility index (Phi) is 7.58. The predicted octanol–water partition coefficient (Wildman–Crippen LogP) is 6.13. The molecule has 1 heterocycles. The molecule has 158 valence electrons. The summed E-state index contributed by atoms with van der Waals surface area (Å²) < 4.78 is 6.33. The van der Waals surface area contributed by atoms with E-state index in [2.05, 4.69) is 66.1 Å². The first-order valence-corrected chi connectivity index (χ1v) is 10.8. The highest BCUT2D eigenvalue weighted by atomic mass is 35.5. The number of nitrogens with zero attached hydrogens (tertiary/aromatic N) is 2. The van der Waals surface area contributed by atoms with Gasteiger partial charge in [-0.05, 0) is 55.7 Å². The second-order valence-corrected chi connectivity index (χ2v) is 8.44. The molecule has 1 aliphatic heterocycles. The normalized spacial score (nSPS) is 18.9. The minimum atomic E-state index is -0.430. The molecule has 30 heavy (non-hydrogen) atoms. The number of hydrogen-bond acceptors (Lipinski definition) is 3. The van der Waals surface area contributed by atoms with Crippen LogP contribution in [0.25, 0.3) is 6.08 Å². The Morgan fingerprint density at radius 1 is 1.10 bits per heavy atom. The molecular formula is C26H31ClN2O. The topological polar surface area (TPSA) is 36.3 Å². The van der Waals surface area contributed by atoms with Crippen molar-refractivity contribution < 1.29 is 4.74 Å². The summed E-state index contributed by atoms with van der Waals surface area (Å²) in [4.78, 5) is 2.46. The second kappa shape index (κ2) is 10.2. The third-order valence-corrected chi connectivity index (χ3v) is 6.55. The summed E-state index contributed by atoms with van der Waals surface area (Å²) >= 11 is 0. The van der Waals surface area contributed by atoms with E-state index in [0.717, 1.165) is 62.2 Å². The summed E-state index contributed by atoms with van der Waals surface area (Å²) in [5.74, 6) is 0.894. The Balaban J connectivity index is 0.00000256. The van der Waals surface area contributed by atoms with Gasteiger partial charge in [0, 0.05) is 25.2 Å². The molecule has 4 rings (SSSR count). The molecule has 3 nitrogen and oxygen atoms in total. The van der Waals surface area contributed by atoms with Crippen molar-refractivity contribution in [3.05, 3.63) is 71.8 Å². The average molecular weight is 423 g/mol. The van der Waals surface area contributed by atoms with Crippen molar-refractivity contribution in [1.82, 2.24) is 4.90 Å². The van der Waals surface area contributed by atoms with Gasteiger partial charge in [-0.1, -0.05) is 55.1 Å². The smallest absolute Gasteiger partial charge is 0.127 e. The maximum atomic E-state index is 10.1. The van der Waals surface area contributed by atoms with Crippen molar-refractivity contribution in [2.45, 2.75) is 56.6 Å². The number of rotatable bonds is 6. The van der Waals surface area contributed by atoms with Crippen LogP contribution < -0.4 is 4.74 Å². The summed E-state index contributed by atoms with van der Waals surface area (Å²) in [7, 11) is 0. The van der Waals surface area contributed by atoms with Crippen LogP contribution in [0, 0.1) is 11.3 Å². The van der Waals surface area contributed by atoms with E-state index >= 15 is 0 Å². The molecule has 0 spiro atoms. The molecule has 4 heteroatoms. The van der Waals surface area contributed by atoms with Crippen LogP contribution in [0.1, 0.15) is 55.2 Å². The van der Waals surface area contributed by atoms with E-state index in [1.165, 1.54) is 18.4 Å². The number of halogens is 1. The van der Waals surface area contributed by atoms with Crippen LogP contribution in [0.3, 0.4) is 0 Å². The lowest BCUT2D eigenvalue weighted by Crippen LogP contribution is -2.41. The van der Waals surface area contributed by atoms with Crippen LogP contribution in [0.5, 0.6) is 5.75 Å². The Labute approximate surface area is 186 Å². The first-order valence-electron chi connectivity index (χ1n) is 10.8. The van der Waals surface area contributed by atoms with Gasteiger partial charge in [0.1, 0.15) is 5.75 Å². The maximum absolute atomic E-state index is 10.1. The first kappa shape index (κ1) is 22.4. The lowest BCUT2D eigenvalue weighted by molar-refractivity contribution is 0.178. The number of likely N-dealkylation sites (tertiary alicyclic amines) is 1. The molecule has 0 amide bonds. The Bertz CT molecular complexity index is 876. The van der Waals surface area contributed by atoms with Crippen molar-refractivity contribution in [2.75, 3.05) is 13.1 Å². The summed E-state index contributed by atoms with van der Waals surface area (Å²) in [6.45, 7) is 6.77. The zero-order valence-electron chi connectivity index (χ0n) is 17.6. The van der Waals surface area contributed by atoms with Gasteiger partial charge in [-0.15, -0.1) is 12.4 Å². The van der Waals surface area contributed by atoms with Crippen molar-refractivity contribution >= 4 is 18.5 Å². The van der Waals surface area contributed by atoms with Gasteiger partial charge in [-0.2, -0.15) is 5.26 Å². The van der Waals surface area contributed by atoms with E-state index < -0.39 is 5.41 Å². The van der Waals surface area contributed by atoms with E-state index in [-0.39, 0.29) is 12.4 Å². The molecule has 1 saturated carbocycles. The quantitative estimate of drug-likeness (QED) is 0.561. The van der Waals surface area contributed by atoms with Crippen molar-refractivity contribution in [3.63, 3.8) is 0 Å². The van der Waals surface area contributed by atoms with Gasteiger partial charge in [0.15, 0.2) is 0 Å². The summed E-state index contributed by atoms with van der Waals surface area (Å²) in [6.07, 6.45) is 8.60. The standard InChI is InChI=1S/C26H30N2O.ClH/c1-2-22-12-13-23(18-25(22)29-24-10-6-7-11-24)26(20-27)14-16-28(17-15-26)19-21-8-4-3-5-9-21;/h2-5,8-9,12-13,18,24H,1,6-7,10-11,14-17,19H2;1H. The molecule has 1 aliphatic carbocycles. The number of benzene rings is 2. The van der Waals surface area contributed by atoms with Crippen LogP contribution in [-0.2, 0) is 12.0 Å². The summed E-state index contributed by atoms with van der Waals surface area (Å²) in [5, 5.41) is 10.1. The summed E-state index contributed by atoms with van der Waals surface area (Å²) in [5.41, 5.74) is 3.02. The number of ether oxygens (including phenoxy) is 1. The van der Waals surface area contributed by atoms with Crippen LogP contribution in [0.2, 0.25) is 0 Å². The molecule has 2 aromatic carbocycles. The SMILES string of the molecule is C=Cc1ccc(C2(C#N)CCN(Cc3ccccc3)CC2)cc1OC1CCCC1.Cl. The molecule has 0 aromatic heterocycles. The molecule has 0 atom stereocenters. The van der Waals surface area contributed by atoms with Crippen molar-refractivity contribution in [1.29, 1.82) is 5.26 Å². The van der Waals surface area contributed by atoms with Crippen LogP contribution >= 0.6 is 12.4 Å². The number of nitriles is 1. The van der Waals surface area contributed by atoms with Gasteiger partial charge in [0.2, 0.25) is 0 Å². The largest absolute Gasteiger partial charge is 0.490 e. The highest BCUT2D eigenvalue weighted by Crippen LogP contribution is 2.38. The Hall–Kier alpha value is -2.28. The zero-order chi connectivity index (χ0) is 20.1. The first-order chi connectivity index (χ1) is 14.2. The summed E-state index contributed by atoms with van der Waals surface area (Å²) in [6, 6.07) is 19.5. The van der Waals surface area contributed by atoms with E-state index in [0.29, 0.717) is 6.10 Å². The minimum absolute atomic E-state index is 0. The van der Waals surface area contributed by atoms with Gasteiger partial charge < -0.3 is 4.74 Å². The van der Waals surface area contributed by atoms with Gasteiger partial charge >= 0.3 is 0 Å². The van der Waals surface area contributed by atoms with Crippen molar-refractivity contribution in [2.24, 2.45) is 0 Å². The average Bonchev–Trinajstić information content (AvgIpc) is 3.28. The molecule has 0 radical (unpaired) electrons. The lowest BCUT2D eigenvalue weighted by Gasteiger charge is -2.38. The van der Waals surface area contributed by atoms with Gasteiger partial charge in [-0.25, -0.2) is 0 Å². The molecule has 0 bridgehead atoms. The van der Waals surface area contributed by atoms with Crippen LogP contribution in [0.15, 0.2) is 55.1 Å². The fraction of sp³-hybridized carbons (Fsp3) is 0.423. The zero-order valence-corrected chi connectivity index (χ0v) is 18.4. The highest BCUT2D eigenvalue weighted by molar-refractivity contribution is 5.85. The second-order valence-electron chi connectivity index (χ2n) is 8.44. The van der Waals surface area contributed by atoms with E-state index in [1.54, 1.807) is 0 Å². The molecule has 2 aliphatic rings. The van der Waals surface area contributed by atoms with E-state index in [1.807, 2.05) is 6.08 Å². The van der Waals surface area contributed by atoms with Crippen molar-refractivity contribution in [3.8, 4) is 11.8 Å². The molecule has 2 fully saturated rings.